The van der Waals surface area contributed by atoms with Gasteiger partial charge in [0.2, 0.25) is 0 Å². The molecule has 0 unspecified atom stereocenters. The predicted molar refractivity (Wildman–Crippen MR) is 64.8 cm³/mol. The Morgan fingerprint density at radius 2 is 1.76 bits per heavy atom. The van der Waals surface area contributed by atoms with E-state index in [0.717, 1.165) is 16.7 Å². The molecule has 0 heterocycles. The molecule has 3 heteroatoms. The fourth-order valence-electron chi connectivity index (χ4n) is 2.37. The SMILES string of the molecule is CCOC(=O)C1(c2ccc(O)cc2)C(C)=C1C. The summed E-state index contributed by atoms with van der Waals surface area (Å²) in [5.41, 5.74) is 2.27. The Bertz CT molecular complexity index is 471. The number of phenolic OH excluding ortho intramolecular Hbond substituents is 1. The molecule has 0 aromatic heterocycles. The predicted octanol–water partition coefficient (Wildman–Crippen LogP) is 2.54. The second-order valence-corrected chi connectivity index (χ2v) is 4.27. The third-order valence-electron chi connectivity index (χ3n) is 3.51. The molecule has 90 valence electrons. The number of benzene rings is 1. The number of carbonyl (C=O) groups excluding carboxylic acids is 1. The Hall–Kier alpha value is -1.77. The first-order valence-electron chi connectivity index (χ1n) is 5.70. The van der Waals surface area contributed by atoms with Crippen LogP contribution in [0.3, 0.4) is 0 Å². The smallest absolute Gasteiger partial charge is 0.324 e. The lowest BCUT2D eigenvalue weighted by molar-refractivity contribution is -0.145. The maximum absolute atomic E-state index is 12.1. The van der Waals surface area contributed by atoms with Crippen molar-refractivity contribution in [3.05, 3.63) is 41.0 Å². The minimum Gasteiger partial charge on any atom is -0.508 e. The zero-order valence-electron chi connectivity index (χ0n) is 10.3. The molecule has 1 aromatic rings. The summed E-state index contributed by atoms with van der Waals surface area (Å²) in [5.74, 6) is -0.0237. The number of hydrogen-bond donors (Lipinski definition) is 1. The molecule has 1 N–H and O–H groups in total. The van der Waals surface area contributed by atoms with E-state index in [9.17, 15) is 9.90 Å². The van der Waals surface area contributed by atoms with Gasteiger partial charge >= 0.3 is 5.97 Å². The van der Waals surface area contributed by atoms with Crippen LogP contribution in [-0.2, 0) is 14.9 Å². The van der Waals surface area contributed by atoms with Gasteiger partial charge in [0.1, 0.15) is 11.2 Å². The summed E-state index contributed by atoms with van der Waals surface area (Å²) in [4.78, 5) is 12.1. The van der Waals surface area contributed by atoms with Crippen LogP contribution in [0.25, 0.3) is 0 Å². The van der Waals surface area contributed by atoms with Crippen LogP contribution >= 0.6 is 0 Å². The Morgan fingerprint density at radius 1 is 1.24 bits per heavy atom. The third kappa shape index (κ3) is 1.54. The molecule has 2 rings (SSSR count). The van der Waals surface area contributed by atoms with Crippen LogP contribution in [0.1, 0.15) is 26.3 Å². The van der Waals surface area contributed by atoms with E-state index in [0.29, 0.717) is 6.61 Å². The molecule has 1 aromatic carbocycles. The van der Waals surface area contributed by atoms with Gasteiger partial charge in [-0.1, -0.05) is 12.1 Å². The van der Waals surface area contributed by atoms with Gasteiger partial charge in [-0.05, 0) is 49.6 Å². The first-order chi connectivity index (χ1) is 8.05. The number of carbonyl (C=O) groups is 1. The molecule has 0 saturated carbocycles. The molecule has 1 aliphatic carbocycles. The molecule has 0 aliphatic heterocycles. The summed E-state index contributed by atoms with van der Waals surface area (Å²) in [7, 11) is 0. The molecule has 0 fully saturated rings. The van der Waals surface area contributed by atoms with Gasteiger partial charge in [0.05, 0.1) is 6.61 Å². The van der Waals surface area contributed by atoms with Crippen LogP contribution in [0.5, 0.6) is 5.75 Å². The monoisotopic (exact) mass is 232 g/mol. The highest BCUT2D eigenvalue weighted by Crippen LogP contribution is 2.54. The molecular weight excluding hydrogens is 216 g/mol. The minimum atomic E-state index is -0.677. The lowest BCUT2D eigenvalue weighted by Crippen LogP contribution is -2.27. The number of hydrogen-bond acceptors (Lipinski definition) is 3. The highest BCUT2D eigenvalue weighted by atomic mass is 16.5. The van der Waals surface area contributed by atoms with Crippen molar-refractivity contribution in [3.63, 3.8) is 0 Å². The first-order valence-corrected chi connectivity index (χ1v) is 5.70. The quantitative estimate of drug-likeness (QED) is 0.643. The lowest BCUT2D eigenvalue weighted by Gasteiger charge is -2.18. The number of ether oxygens (including phenoxy) is 1. The Balaban J connectivity index is 2.38. The summed E-state index contributed by atoms with van der Waals surface area (Å²) in [6, 6.07) is 6.73. The molecule has 1 aliphatic rings. The Labute approximate surface area is 101 Å². The van der Waals surface area contributed by atoms with Gasteiger partial charge in [0.15, 0.2) is 0 Å². The molecule has 0 radical (unpaired) electrons. The average molecular weight is 232 g/mol. The standard InChI is InChI=1S/C14H16O3/c1-4-17-13(16)14(9(2)10(14)3)11-5-7-12(15)8-6-11/h5-8,15H,4H2,1-3H3. The van der Waals surface area contributed by atoms with E-state index in [1.54, 1.807) is 31.2 Å². The molecular formula is C14H16O3. The molecule has 0 atom stereocenters. The highest BCUT2D eigenvalue weighted by Gasteiger charge is 2.56. The number of rotatable bonds is 3. The van der Waals surface area contributed by atoms with Gasteiger partial charge in [-0.3, -0.25) is 4.79 Å². The first kappa shape index (κ1) is 11.7. The van der Waals surface area contributed by atoms with Crippen molar-refractivity contribution in [1.29, 1.82) is 0 Å². The van der Waals surface area contributed by atoms with E-state index >= 15 is 0 Å². The fraction of sp³-hybridized carbons (Fsp3) is 0.357. The zero-order chi connectivity index (χ0) is 12.6. The number of esters is 1. The number of aromatic hydroxyl groups is 1. The molecule has 17 heavy (non-hydrogen) atoms. The number of phenols is 1. The maximum atomic E-state index is 12.1. The van der Waals surface area contributed by atoms with E-state index in [4.69, 9.17) is 4.74 Å². The van der Waals surface area contributed by atoms with Crippen molar-refractivity contribution in [2.75, 3.05) is 6.61 Å². The summed E-state index contributed by atoms with van der Waals surface area (Å²) in [5, 5.41) is 9.29. The van der Waals surface area contributed by atoms with E-state index in [1.165, 1.54) is 0 Å². The summed E-state index contributed by atoms with van der Waals surface area (Å²) in [6.07, 6.45) is 0. The van der Waals surface area contributed by atoms with Gasteiger partial charge in [-0.2, -0.15) is 0 Å². The van der Waals surface area contributed by atoms with Crippen molar-refractivity contribution in [1.82, 2.24) is 0 Å². The van der Waals surface area contributed by atoms with Gasteiger partial charge in [-0.25, -0.2) is 0 Å². The Morgan fingerprint density at radius 3 is 2.18 bits per heavy atom. The van der Waals surface area contributed by atoms with Crippen LogP contribution in [0.2, 0.25) is 0 Å². The van der Waals surface area contributed by atoms with E-state index in [2.05, 4.69) is 0 Å². The van der Waals surface area contributed by atoms with E-state index in [1.807, 2.05) is 13.8 Å². The zero-order valence-corrected chi connectivity index (χ0v) is 10.3. The second kappa shape index (κ2) is 3.91. The molecule has 0 saturated heterocycles. The van der Waals surface area contributed by atoms with Crippen LogP contribution in [-0.4, -0.2) is 17.7 Å². The fourth-order valence-corrected chi connectivity index (χ4v) is 2.37. The summed E-state index contributed by atoms with van der Waals surface area (Å²) < 4.78 is 5.15. The van der Waals surface area contributed by atoms with Gasteiger partial charge in [-0.15, -0.1) is 0 Å². The van der Waals surface area contributed by atoms with Crippen molar-refractivity contribution >= 4 is 5.97 Å². The van der Waals surface area contributed by atoms with Gasteiger partial charge in [0, 0.05) is 0 Å². The normalized spacial score (nSPS) is 16.9. The summed E-state index contributed by atoms with van der Waals surface area (Å²) in [6.45, 7) is 6.06. The van der Waals surface area contributed by atoms with Crippen LogP contribution in [0, 0.1) is 0 Å². The highest BCUT2D eigenvalue weighted by molar-refractivity contribution is 5.98. The molecule has 0 amide bonds. The van der Waals surface area contributed by atoms with E-state index < -0.39 is 5.41 Å². The van der Waals surface area contributed by atoms with Crippen molar-refractivity contribution < 1.29 is 14.6 Å². The average Bonchev–Trinajstić information content (AvgIpc) is 2.85. The van der Waals surface area contributed by atoms with Crippen LogP contribution in [0.4, 0.5) is 0 Å². The minimum absolute atomic E-state index is 0.198. The molecule has 0 spiro atoms. The van der Waals surface area contributed by atoms with Crippen molar-refractivity contribution in [3.8, 4) is 5.75 Å². The topological polar surface area (TPSA) is 46.5 Å². The second-order valence-electron chi connectivity index (χ2n) is 4.27. The van der Waals surface area contributed by atoms with Gasteiger partial charge in [0.25, 0.3) is 0 Å². The maximum Gasteiger partial charge on any atom is 0.324 e. The largest absolute Gasteiger partial charge is 0.508 e. The van der Waals surface area contributed by atoms with Crippen LogP contribution in [0.15, 0.2) is 35.4 Å². The summed E-state index contributed by atoms with van der Waals surface area (Å²) >= 11 is 0. The third-order valence-corrected chi connectivity index (χ3v) is 3.51. The van der Waals surface area contributed by atoms with Gasteiger partial charge < -0.3 is 9.84 Å². The van der Waals surface area contributed by atoms with Crippen LogP contribution < -0.4 is 0 Å². The van der Waals surface area contributed by atoms with Crippen molar-refractivity contribution in [2.45, 2.75) is 26.2 Å². The molecule has 3 nitrogen and oxygen atoms in total. The molecule has 0 bridgehead atoms. The Kier molecular flexibility index (Phi) is 2.69. The van der Waals surface area contributed by atoms with Crippen molar-refractivity contribution in [2.24, 2.45) is 0 Å². The van der Waals surface area contributed by atoms with E-state index in [-0.39, 0.29) is 11.7 Å². The lowest BCUT2D eigenvalue weighted by atomic mass is 9.88.